The molecule has 7 heteroatoms. The molecule has 0 bridgehead atoms. The van der Waals surface area contributed by atoms with Gasteiger partial charge in [-0.1, -0.05) is 6.07 Å². The fraction of sp³-hybridized carbons (Fsp3) is 0.455. The third-order valence-electron chi connectivity index (χ3n) is 5.80. The molecule has 0 spiro atoms. The normalized spacial score (nSPS) is 18.3. The van der Waals surface area contributed by atoms with E-state index < -0.39 is 0 Å². The van der Waals surface area contributed by atoms with E-state index in [0.717, 1.165) is 61.3 Å². The Labute approximate surface area is 175 Å². The molecule has 1 fully saturated rings. The molecule has 1 aromatic heterocycles. The number of carbonyl (C=O) groups is 1. The Bertz CT molecular complexity index is 963. The number of fused-ring (bicyclic) bond motifs is 1. The molecule has 1 atom stereocenters. The SMILES string of the molecule is COc1ccc([C@H]2CCCN2CC(=O)Nc2sc3c(c2C#N)CCC3)c(OC)c1. The van der Waals surface area contributed by atoms with E-state index in [1.165, 1.54) is 4.88 Å². The second-order valence-corrected chi connectivity index (χ2v) is 8.56. The maximum Gasteiger partial charge on any atom is 0.239 e. The molecule has 152 valence electrons. The summed E-state index contributed by atoms with van der Waals surface area (Å²) in [4.78, 5) is 16.2. The van der Waals surface area contributed by atoms with E-state index in [0.29, 0.717) is 17.1 Å². The first-order valence-electron chi connectivity index (χ1n) is 9.95. The summed E-state index contributed by atoms with van der Waals surface area (Å²) >= 11 is 1.56. The van der Waals surface area contributed by atoms with Crippen LogP contribution < -0.4 is 14.8 Å². The van der Waals surface area contributed by atoms with E-state index in [9.17, 15) is 10.1 Å². The molecule has 1 saturated heterocycles. The van der Waals surface area contributed by atoms with Gasteiger partial charge in [-0.05, 0) is 50.3 Å². The van der Waals surface area contributed by atoms with Gasteiger partial charge in [-0.15, -0.1) is 11.3 Å². The second-order valence-electron chi connectivity index (χ2n) is 7.46. The fourth-order valence-electron chi connectivity index (χ4n) is 4.42. The number of ether oxygens (including phenoxy) is 2. The minimum atomic E-state index is -0.0687. The van der Waals surface area contributed by atoms with Crippen LogP contribution in [0.5, 0.6) is 11.5 Å². The van der Waals surface area contributed by atoms with Crippen molar-refractivity contribution in [1.82, 2.24) is 4.90 Å². The van der Waals surface area contributed by atoms with Crippen molar-refractivity contribution in [3.05, 3.63) is 39.8 Å². The molecule has 2 heterocycles. The van der Waals surface area contributed by atoms with Gasteiger partial charge >= 0.3 is 0 Å². The summed E-state index contributed by atoms with van der Waals surface area (Å²) in [5.74, 6) is 1.46. The molecule has 0 saturated carbocycles. The maximum atomic E-state index is 12.8. The molecule has 2 aromatic rings. The van der Waals surface area contributed by atoms with Crippen LogP contribution in [0.4, 0.5) is 5.00 Å². The lowest BCUT2D eigenvalue weighted by Crippen LogP contribution is -2.33. The van der Waals surface area contributed by atoms with Crippen LogP contribution in [0.25, 0.3) is 0 Å². The van der Waals surface area contributed by atoms with E-state index in [-0.39, 0.29) is 11.9 Å². The molecule has 1 amide bonds. The number of thiophene rings is 1. The zero-order chi connectivity index (χ0) is 20.4. The Morgan fingerprint density at radius 3 is 2.93 bits per heavy atom. The minimum absolute atomic E-state index is 0.0687. The lowest BCUT2D eigenvalue weighted by Gasteiger charge is -2.25. The molecule has 4 rings (SSSR count). The van der Waals surface area contributed by atoms with Crippen LogP contribution in [-0.4, -0.2) is 38.1 Å². The Morgan fingerprint density at radius 1 is 1.31 bits per heavy atom. The van der Waals surface area contributed by atoms with Crippen molar-refractivity contribution in [3.8, 4) is 17.6 Å². The van der Waals surface area contributed by atoms with Crippen molar-refractivity contribution in [2.45, 2.75) is 38.1 Å². The number of hydrogen-bond acceptors (Lipinski definition) is 6. The number of anilines is 1. The Balaban J connectivity index is 1.48. The molecule has 1 N–H and O–H groups in total. The van der Waals surface area contributed by atoms with Crippen LogP contribution in [-0.2, 0) is 17.6 Å². The van der Waals surface area contributed by atoms with Crippen LogP contribution in [0.3, 0.4) is 0 Å². The monoisotopic (exact) mass is 411 g/mol. The van der Waals surface area contributed by atoms with Crippen LogP contribution in [0.1, 0.15) is 46.9 Å². The van der Waals surface area contributed by atoms with Gasteiger partial charge in [-0.3, -0.25) is 9.69 Å². The summed E-state index contributed by atoms with van der Waals surface area (Å²) in [5.41, 5.74) is 2.87. The van der Waals surface area contributed by atoms with Crippen molar-refractivity contribution >= 4 is 22.2 Å². The quantitative estimate of drug-likeness (QED) is 0.780. The van der Waals surface area contributed by atoms with E-state index in [4.69, 9.17) is 9.47 Å². The largest absolute Gasteiger partial charge is 0.497 e. The van der Waals surface area contributed by atoms with Gasteiger partial charge in [0.15, 0.2) is 0 Å². The first kappa shape index (κ1) is 19.7. The van der Waals surface area contributed by atoms with Crippen molar-refractivity contribution in [2.75, 3.05) is 32.6 Å². The Hall–Kier alpha value is -2.56. The zero-order valence-corrected chi connectivity index (χ0v) is 17.6. The average Bonchev–Trinajstić information content (AvgIpc) is 3.43. The van der Waals surface area contributed by atoms with Gasteiger partial charge in [-0.2, -0.15) is 5.26 Å². The van der Waals surface area contributed by atoms with Gasteiger partial charge in [-0.25, -0.2) is 0 Å². The number of nitriles is 1. The van der Waals surface area contributed by atoms with Crippen LogP contribution in [0.15, 0.2) is 18.2 Å². The van der Waals surface area contributed by atoms with Gasteiger partial charge in [0.05, 0.1) is 26.3 Å². The standard InChI is InChI=1S/C22H25N3O3S/c1-27-14-8-9-16(19(11-14)28-2)18-6-4-10-25(18)13-21(26)24-22-17(12-23)15-5-3-7-20(15)29-22/h8-9,11,18H,3-7,10,13H2,1-2H3,(H,24,26)/t18-/m1/s1. The molecule has 0 radical (unpaired) electrons. The van der Waals surface area contributed by atoms with Gasteiger partial charge < -0.3 is 14.8 Å². The molecule has 29 heavy (non-hydrogen) atoms. The molecule has 0 unspecified atom stereocenters. The zero-order valence-electron chi connectivity index (χ0n) is 16.8. The highest BCUT2D eigenvalue weighted by atomic mass is 32.1. The number of hydrogen-bond donors (Lipinski definition) is 1. The van der Waals surface area contributed by atoms with Crippen molar-refractivity contribution in [3.63, 3.8) is 0 Å². The lowest BCUT2D eigenvalue weighted by atomic mass is 10.0. The number of nitrogens with zero attached hydrogens (tertiary/aromatic N) is 2. The number of carbonyl (C=O) groups excluding carboxylic acids is 1. The van der Waals surface area contributed by atoms with Crippen molar-refractivity contribution < 1.29 is 14.3 Å². The predicted molar refractivity (Wildman–Crippen MR) is 113 cm³/mol. The molecule has 1 aliphatic carbocycles. The van der Waals surface area contributed by atoms with Crippen molar-refractivity contribution in [1.29, 1.82) is 5.26 Å². The third-order valence-corrected chi connectivity index (χ3v) is 7.00. The Kier molecular flexibility index (Phi) is 5.74. The second kappa shape index (κ2) is 8.44. The van der Waals surface area contributed by atoms with Crippen LogP contribution in [0.2, 0.25) is 0 Å². The van der Waals surface area contributed by atoms with Gasteiger partial charge in [0, 0.05) is 22.5 Å². The molecule has 1 aliphatic heterocycles. The van der Waals surface area contributed by atoms with Crippen LogP contribution >= 0.6 is 11.3 Å². The first-order valence-corrected chi connectivity index (χ1v) is 10.8. The number of amides is 1. The number of methoxy groups -OCH3 is 2. The maximum absolute atomic E-state index is 12.8. The predicted octanol–water partition coefficient (Wildman–Crippen LogP) is 3.90. The number of nitrogens with one attached hydrogen (secondary N) is 1. The van der Waals surface area contributed by atoms with Gasteiger partial charge in [0.1, 0.15) is 22.6 Å². The third kappa shape index (κ3) is 3.83. The van der Waals surface area contributed by atoms with E-state index in [1.807, 2.05) is 18.2 Å². The number of rotatable bonds is 6. The lowest BCUT2D eigenvalue weighted by molar-refractivity contribution is -0.117. The molecular formula is C22H25N3O3S. The minimum Gasteiger partial charge on any atom is -0.497 e. The summed E-state index contributed by atoms with van der Waals surface area (Å²) in [5, 5.41) is 13.2. The number of benzene rings is 1. The van der Waals surface area contributed by atoms with Crippen LogP contribution in [0, 0.1) is 11.3 Å². The summed E-state index contributed by atoms with van der Waals surface area (Å²) in [6, 6.07) is 8.26. The molecule has 1 aromatic carbocycles. The number of likely N-dealkylation sites (tertiary alicyclic amines) is 1. The topological polar surface area (TPSA) is 74.6 Å². The van der Waals surface area contributed by atoms with Gasteiger partial charge in [0.2, 0.25) is 5.91 Å². The highest BCUT2D eigenvalue weighted by molar-refractivity contribution is 7.16. The molecular weight excluding hydrogens is 386 g/mol. The fourth-order valence-corrected chi connectivity index (χ4v) is 5.68. The van der Waals surface area contributed by atoms with Gasteiger partial charge in [0.25, 0.3) is 0 Å². The van der Waals surface area contributed by atoms with E-state index in [1.54, 1.807) is 25.6 Å². The summed E-state index contributed by atoms with van der Waals surface area (Å²) < 4.78 is 10.9. The Morgan fingerprint density at radius 2 is 2.17 bits per heavy atom. The summed E-state index contributed by atoms with van der Waals surface area (Å²) in [6.45, 7) is 1.16. The smallest absolute Gasteiger partial charge is 0.239 e. The summed E-state index contributed by atoms with van der Waals surface area (Å²) in [7, 11) is 3.29. The van der Waals surface area contributed by atoms with E-state index >= 15 is 0 Å². The number of aryl methyl sites for hydroxylation is 1. The molecule has 6 nitrogen and oxygen atoms in total. The highest BCUT2D eigenvalue weighted by Gasteiger charge is 2.30. The molecule has 2 aliphatic rings. The van der Waals surface area contributed by atoms with Crippen molar-refractivity contribution in [2.24, 2.45) is 0 Å². The first-order chi connectivity index (χ1) is 14.1. The average molecular weight is 412 g/mol. The highest BCUT2D eigenvalue weighted by Crippen LogP contribution is 2.40. The summed E-state index contributed by atoms with van der Waals surface area (Å²) in [6.07, 6.45) is 5.06. The van der Waals surface area contributed by atoms with E-state index in [2.05, 4.69) is 16.3 Å².